The maximum absolute atomic E-state index is 4.19. The van der Waals surface area contributed by atoms with Crippen LogP contribution >= 0.6 is 0 Å². The molecular formula is C16H21N3. The van der Waals surface area contributed by atoms with Gasteiger partial charge in [-0.05, 0) is 49.1 Å². The van der Waals surface area contributed by atoms with E-state index in [0.29, 0.717) is 0 Å². The smallest absolute Gasteiger partial charge is 0.0656 e. The molecule has 0 saturated heterocycles. The van der Waals surface area contributed by atoms with Crippen LogP contribution in [0.3, 0.4) is 0 Å². The average molecular weight is 255 g/mol. The van der Waals surface area contributed by atoms with Gasteiger partial charge in [0, 0.05) is 18.5 Å². The number of aryl methyl sites for hydroxylation is 1. The van der Waals surface area contributed by atoms with Crippen LogP contribution in [-0.4, -0.2) is 34.7 Å². The van der Waals surface area contributed by atoms with Crippen LogP contribution in [0.1, 0.15) is 30.9 Å². The topological polar surface area (TPSA) is 31.9 Å². The zero-order chi connectivity index (χ0) is 13.2. The van der Waals surface area contributed by atoms with Crippen LogP contribution in [0.4, 0.5) is 0 Å². The largest absolute Gasteiger partial charge is 0.299 e. The predicted octanol–water partition coefficient (Wildman–Crippen LogP) is 3.37. The third kappa shape index (κ3) is 2.30. The quantitative estimate of drug-likeness (QED) is 0.912. The molecule has 2 heterocycles. The number of hydrogen-bond acceptors (Lipinski definition) is 2. The second-order valence-corrected chi connectivity index (χ2v) is 5.38. The maximum atomic E-state index is 4.19. The fraction of sp³-hybridized carbons (Fsp3) is 0.438. The van der Waals surface area contributed by atoms with E-state index < -0.39 is 0 Å². The summed E-state index contributed by atoms with van der Waals surface area (Å²) >= 11 is 0. The SMILES string of the molecule is CCCN1CCC=C(c2c(C)ccc3[nH]ncc23)C1. The molecule has 1 aromatic carbocycles. The third-order valence-electron chi connectivity index (χ3n) is 3.92. The minimum Gasteiger partial charge on any atom is -0.299 e. The maximum Gasteiger partial charge on any atom is 0.0656 e. The molecule has 0 unspecified atom stereocenters. The van der Waals surface area contributed by atoms with E-state index in [0.717, 1.165) is 18.5 Å². The summed E-state index contributed by atoms with van der Waals surface area (Å²) in [6.07, 6.45) is 6.74. The number of aromatic amines is 1. The summed E-state index contributed by atoms with van der Waals surface area (Å²) < 4.78 is 0. The molecular weight excluding hydrogens is 234 g/mol. The Labute approximate surface area is 114 Å². The molecule has 100 valence electrons. The zero-order valence-electron chi connectivity index (χ0n) is 11.7. The number of nitrogens with one attached hydrogen (secondary N) is 1. The second-order valence-electron chi connectivity index (χ2n) is 5.38. The van der Waals surface area contributed by atoms with E-state index >= 15 is 0 Å². The number of hydrogen-bond donors (Lipinski definition) is 1. The Morgan fingerprint density at radius 2 is 2.26 bits per heavy atom. The lowest BCUT2D eigenvalue weighted by Crippen LogP contribution is -2.30. The van der Waals surface area contributed by atoms with Gasteiger partial charge in [-0.3, -0.25) is 10.00 Å². The molecule has 0 radical (unpaired) electrons. The molecule has 0 amide bonds. The van der Waals surface area contributed by atoms with Crippen molar-refractivity contribution in [2.75, 3.05) is 19.6 Å². The molecule has 0 fully saturated rings. The highest BCUT2D eigenvalue weighted by atomic mass is 15.1. The van der Waals surface area contributed by atoms with Crippen LogP contribution in [-0.2, 0) is 0 Å². The van der Waals surface area contributed by atoms with Gasteiger partial charge in [-0.1, -0.05) is 19.1 Å². The Balaban J connectivity index is 2.01. The molecule has 2 aromatic rings. The summed E-state index contributed by atoms with van der Waals surface area (Å²) in [4.78, 5) is 2.55. The summed E-state index contributed by atoms with van der Waals surface area (Å²) in [5.41, 5.74) is 5.32. The minimum absolute atomic E-state index is 1.07. The van der Waals surface area contributed by atoms with Crippen LogP contribution in [0.2, 0.25) is 0 Å². The summed E-state index contributed by atoms with van der Waals surface area (Å²) in [7, 11) is 0. The average Bonchev–Trinajstić information content (AvgIpc) is 2.87. The van der Waals surface area contributed by atoms with Crippen molar-refractivity contribution in [2.45, 2.75) is 26.7 Å². The Morgan fingerprint density at radius 3 is 3.11 bits per heavy atom. The van der Waals surface area contributed by atoms with Crippen molar-refractivity contribution in [3.05, 3.63) is 35.5 Å². The molecule has 3 nitrogen and oxygen atoms in total. The van der Waals surface area contributed by atoms with E-state index in [2.05, 4.69) is 47.2 Å². The minimum atomic E-state index is 1.07. The molecule has 0 aliphatic carbocycles. The second kappa shape index (κ2) is 5.17. The lowest BCUT2D eigenvalue weighted by Gasteiger charge is -2.27. The Morgan fingerprint density at radius 1 is 1.37 bits per heavy atom. The normalized spacial score (nSPS) is 16.8. The fourth-order valence-electron chi connectivity index (χ4n) is 3.05. The number of H-pyrrole nitrogens is 1. The van der Waals surface area contributed by atoms with Crippen LogP contribution in [0.5, 0.6) is 0 Å². The number of benzene rings is 1. The molecule has 1 aromatic heterocycles. The van der Waals surface area contributed by atoms with Crippen molar-refractivity contribution in [1.82, 2.24) is 15.1 Å². The van der Waals surface area contributed by atoms with Gasteiger partial charge in [0.05, 0.1) is 11.7 Å². The van der Waals surface area contributed by atoms with Gasteiger partial charge >= 0.3 is 0 Å². The molecule has 1 N–H and O–H groups in total. The van der Waals surface area contributed by atoms with Crippen molar-refractivity contribution in [2.24, 2.45) is 0 Å². The monoisotopic (exact) mass is 255 g/mol. The van der Waals surface area contributed by atoms with Gasteiger partial charge in [0.1, 0.15) is 0 Å². The lowest BCUT2D eigenvalue weighted by atomic mass is 9.94. The van der Waals surface area contributed by atoms with Crippen molar-refractivity contribution >= 4 is 16.5 Å². The third-order valence-corrected chi connectivity index (χ3v) is 3.92. The Bertz CT molecular complexity index is 609. The summed E-state index contributed by atoms with van der Waals surface area (Å²) in [6, 6.07) is 4.31. The summed E-state index contributed by atoms with van der Waals surface area (Å²) in [5.74, 6) is 0. The molecule has 0 bridgehead atoms. The van der Waals surface area contributed by atoms with Gasteiger partial charge in [0.2, 0.25) is 0 Å². The zero-order valence-corrected chi connectivity index (χ0v) is 11.7. The Hall–Kier alpha value is -1.61. The molecule has 3 rings (SSSR count). The van der Waals surface area contributed by atoms with Gasteiger partial charge in [-0.15, -0.1) is 0 Å². The molecule has 1 aliphatic heterocycles. The Kier molecular flexibility index (Phi) is 3.38. The standard InChI is InChI=1S/C16H21N3/c1-3-8-19-9-4-5-13(11-19)16-12(2)6-7-15-14(16)10-17-18-15/h5-7,10H,3-4,8-9,11H2,1-2H3,(H,17,18). The fourth-order valence-corrected chi connectivity index (χ4v) is 3.05. The first-order valence-electron chi connectivity index (χ1n) is 7.14. The number of aromatic nitrogens is 2. The van der Waals surface area contributed by atoms with Crippen molar-refractivity contribution in [1.29, 1.82) is 0 Å². The molecule has 0 saturated carbocycles. The number of fused-ring (bicyclic) bond motifs is 1. The number of nitrogens with zero attached hydrogens (tertiary/aromatic N) is 2. The molecule has 3 heteroatoms. The first-order valence-corrected chi connectivity index (χ1v) is 7.14. The summed E-state index contributed by atoms with van der Waals surface area (Å²) in [5, 5.41) is 8.51. The van der Waals surface area contributed by atoms with E-state index in [1.807, 2.05) is 6.20 Å². The van der Waals surface area contributed by atoms with Gasteiger partial charge < -0.3 is 0 Å². The van der Waals surface area contributed by atoms with Gasteiger partial charge in [-0.25, -0.2) is 0 Å². The van der Waals surface area contributed by atoms with E-state index in [4.69, 9.17) is 0 Å². The van der Waals surface area contributed by atoms with Crippen molar-refractivity contribution in [3.63, 3.8) is 0 Å². The van der Waals surface area contributed by atoms with Gasteiger partial charge in [0.15, 0.2) is 0 Å². The van der Waals surface area contributed by atoms with Crippen molar-refractivity contribution in [3.8, 4) is 0 Å². The lowest BCUT2D eigenvalue weighted by molar-refractivity contribution is 0.305. The molecule has 0 atom stereocenters. The highest BCUT2D eigenvalue weighted by Gasteiger charge is 2.17. The highest BCUT2D eigenvalue weighted by Crippen LogP contribution is 2.30. The van der Waals surface area contributed by atoms with Gasteiger partial charge in [0.25, 0.3) is 0 Å². The van der Waals surface area contributed by atoms with E-state index in [1.54, 1.807) is 0 Å². The van der Waals surface area contributed by atoms with Crippen LogP contribution in [0.15, 0.2) is 24.4 Å². The van der Waals surface area contributed by atoms with Crippen LogP contribution in [0.25, 0.3) is 16.5 Å². The predicted molar refractivity (Wildman–Crippen MR) is 80.2 cm³/mol. The highest BCUT2D eigenvalue weighted by molar-refractivity contribution is 5.93. The van der Waals surface area contributed by atoms with Crippen molar-refractivity contribution < 1.29 is 0 Å². The van der Waals surface area contributed by atoms with Crippen LogP contribution < -0.4 is 0 Å². The van der Waals surface area contributed by atoms with Gasteiger partial charge in [-0.2, -0.15) is 5.10 Å². The first kappa shape index (κ1) is 12.4. The van der Waals surface area contributed by atoms with E-state index in [1.165, 1.54) is 41.6 Å². The van der Waals surface area contributed by atoms with E-state index in [-0.39, 0.29) is 0 Å². The first-order chi connectivity index (χ1) is 9.29. The van der Waals surface area contributed by atoms with E-state index in [9.17, 15) is 0 Å². The van der Waals surface area contributed by atoms with Crippen LogP contribution in [0, 0.1) is 6.92 Å². The molecule has 19 heavy (non-hydrogen) atoms. The number of rotatable bonds is 3. The molecule has 1 aliphatic rings. The summed E-state index contributed by atoms with van der Waals surface area (Å²) in [6.45, 7) is 7.90. The molecule has 0 spiro atoms.